The molecule has 0 saturated heterocycles. The van der Waals surface area contributed by atoms with E-state index in [2.05, 4.69) is 45.8 Å². The van der Waals surface area contributed by atoms with Crippen LogP contribution in [0.3, 0.4) is 0 Å². The third kappa shape index (κ3) is 3.05. The molecule has 2 heterocycles. The maximum atomic E-state index is 4.44. The van der Waals surface area contributed by atoms with Gasteiger partial charge in [-0.3, -0.25) is 0 Å². The summed E-state index contributed by atoms with van der Waals surface area (Å²) in [5.74, 6) is 0. The lowest BCUT2D eigenvalue weighted by Gasteiger charge is -2.07. The Hall–Kier alpha value is -0.480. The average Bonchev–Trinajstić information content (AvgIpc) is 2.73. The van der Waals surface area contributed by atoms with Crippen LogP contribution in [-0.2, 0) is 12.8 Å². The molecule has 4 heteroatoms. The fraction of sp³-hybridized carbons (Fsp3) is 0.538. The van der Waals surface area contributed by atoms with E-state index in [-0.39, 0.29) is 0 Å². The highest BCUT2D eigenvalue weighted by atomic mass is 79.9. The number of aromatic nitrogens is 2. The van der Waals surface area contributed by atoms with Gasteiger partial charge < -0.3 is 0 Å². The van der Waals surface area contributed by atoms with Crippen LogP contribution in [-0.4, -0.2) is 14.8 Å². The molecule has 92 valence electrons. The second-order valence-corrected chi connectivity index (χ2v) is 6.61. The summed E-state index contributed by atoms with van der Waals surface area (Å²) in [7, 11) is 0. The summed E-state index contributed by atoms with van der Waals surface area (Å²) in [6.45, 7) is 4.39. The highest BCUT2D eigenvalue weighted by molar-refractivity contribution is 9.09. The molecule has 2 aromatic rings. The first-order chi connectivity index (χ1) is 8.24. The molecule has 2 rings (SSSR count). The fourth-order valence-electron chi connectivity index (χ4n) is 1.92. The van der Waals surface area contributed by atoms with E-state index in [1.807, 2.05) is 0 Å². The number of halogens is 1. The smallest absolute Gasteiger partial charge is 0.127 e. The van der Waals surface area contributed by atoms with Gasteiger partial charge in [-0.1, -0.05) is 36.2 Å². The molecular weight excluding hydrogens is 296 g/mol. The number of alkyl halides is 1. The zero-order valence-corrected chi connectivity index (χ0v) is 12.6. The Morgan fingerprint density at radius 1 is 1.35 bits per heavy atom. The molecule has 0 aliphatic rings. The summed E-state index contributed by atoms with van der Waals surface area (Å²) < 4.78 is 0. The highest BCUT2D eigenvalue weighted by Crippen LogP contribution is 2.27. The summed E-state index contributed by atoms with van der Waals surface area (Å²) in [6.07, 6.45) is 6.16. The Morgan fingerprint density at radius 2 is 2.18 bits per heavy atom. The molecule has 0 aliphatic carbocycles. The highest BCUT2D eigenvalue weighted by Gasteiger charge is 2.11. The first-order valence-electron chi connectivity index (χ1n) is 6.11. The summed E-state index contributed by atoms with van der Waals surface area (Å²) in [6, 6.07) is 2.25. The third-order valence-electron chi connectivity index (χ3n) is 2.83. The van der Waals surface area contributed by atoms with Crippen molar-refractivity contribution in [3.63, 3.8) is 0 Å². The van der Waals surface area contributed by atoms with Crippen LogP contribution in [0.5, 0.6) is 0 Å². The van der Waals surface area contributed by atoms with Gasteiger partial charge in [0, 0.05) is 21.5 Å². The number of hydrogen-bond donors (Lipinski definition) is 0. The van der Waals surface area contributed by atoms with Gasteiger partial charge in [0.05, 0.1) is 5.69 Å². The monoisotopic (exact) mass is 312 g/mol. The predicted molar refractivity (Wildman–Crippen MR) is 78.1 cm³/mol. The second kappa shape index (κ2) is 5.91. The third-order valence-corrected chi connectivity index (χ3v) is 4.80. The van der Waals surface area contributed by atoms with Crippen molar-refractivity contribution in [3.8, 4) is 0 Å². The Balaban J connectivity index is 2.30. The van der Waals surface area contributed by atoms with Gasteiger partial charge in [-0.25, -0.2) is 9.97 Å². The van der Waals surface area contributed by atoms with Crippen LogP contribution < -0.4 is 0 Å². The first kappa shape index (κ1) is 13.0. The molecule has 0 radical (unpaired) electrons. The van der Waals surface area contributed by atoms with Crippen molar-refractivity contribution in [2.75, 3.05) is 0 Å². The molecule has 0 aromatic carbocycles. The molecule has 0 aliphatic heterocycles. The topological polar surface area (TPSA) is 25.8 Å². The lowest BCUT2D eigenvalue weighted by molar-refractivity contribution is 0.736. The van der Waals surface area contributed by atoms with Crippen molar-refractivity contribution in [1.82, 2.24) is 9.97 Å². The van der Waals surface area contributed by atoms with Crippen LogP contribution in [0.2, 0.25) is 0 Å². The molecule has 0 bridgehead atoms. The van der Waals surface area contributed by atoms with E-state index in [4.69, 9.17) is 0 Å². The van der Waals surface area contributed by atoms with Gasteiger partial charge in [0.15, 0.2) is 0 Å². The number of thiophene rings is 1. The minimum Gasteiger partial charge on any atom is -0.241 e. The van der Waals surface area contributed by atoms with E-state index >= 15 is 0 Å². The average molecular weight is 313 g/mol. The zero-order chi connectivity index (χ0) is 12.3. The standard InChI is InChI=1S/C13H17BrN2S/c1-3-5-9(14)6-12-11-7-10(4-2)17-13(11)16-8-15-12/h7-9H,3-6H2,1-2H3. The Labute approximate surface area is 115 Å². The van der Waals surface area contributed by atoms with Crippen molar-refractivity contribution in [2.45, 2.75) is 44.4 Å². The number of fused-ring (bicyclic) bond motifs is 1. The number of hydrogen-bond acceptors (Lipinski definition) is 3. The molecule has 0 fully saturated rings. The molecule has 0 N–H and O–H groups in total. The molecule has 2 aromatic heterocycles. The van der Waals surface area contributed by atoms with E-state index in [9.17, 15) is 0 Å². The van der Waals surface area contributed by atoms with Crippen molar-refractivity contribution in [3.05, 3.63) is 23.0 Å². The molecule has 17 heavy (non-hydrogen) atoms. The SMILES string of the molecule is CCCC(Br)Cc1ncnc2sc(CC)cc12. The number of rotatable bonds is 5. The largest absolute Gasteiger partial charge is 0.241 e. The van der Waals surface area contributed by atoms with Crippen LogP contribution in [0.25, 0.3) is 10.2 Å². The normalized spacial score (nSPS) is 13.1. The van der Waals surface area contributed by atoms with Gasteiger partial charge >= 0.3 is 0 Å². The molecule has 0 spiro atoms. The zero-order valence-electron chi connectivity index (χ0n) is 10.2. The van der Waals surface area contributed by atoms with Crippen LogP contribution in [0.4, 0.5) is 0 Å². The maximum Gasteiger partial charge on any atom is 0.127 e. The molecule has 1 unspecified atom stereocenters. The molecule has 1 atom stereocenters. The van der Waals surface area contributed by atoms with E-state index in [1.165, 1.54) is 28.8 Å². The summed E-state index contributed by atoms with van der Waals surface area (Å²) in [5, 5.41) is 1.25. The van der Waals surface area contributed by atoms with Gasteiger partial charge in [0.25, 0.3) is 0 Å². The van der Waals surface area contributed by atoms with Crippen LogP contribution in [0.15, 0.2) is 12.4 Å². The maximum absolute atomic E-state index is 4.44. The van der Waals surface area contributed by atoms with Gasteiger partial charge in [0.1, 0.15) is 11.2 Å². The van der Waals surface area contributed by atoms with Crippen molar-refractivity contribution in [2.24, 2.45) is 0 Å². The summed E-state index contributed by atoms with van der Waals surface area (Å²) in [4.78, 5) is 11.8. The Morgan fingerprint density at radius 3 is 2.88 bits per heavy atom. The van der Waals surface area contributed by atoms with Gasteiger partial charge in [0.2, 0.25) is 0 Å². The summed E-state index contributed by atoms with van der Waals surface area (Å²) in [5.41, 5.74) is 1.18. The van der Waals surface area contributed by atoms with Gasteiger partial charge in [-0.05, 0) is 18.9 Å². The lowest BCUT2D eigenvalue weighted by Crippen LogP contribution is -2.04. The number of nitrogens with zero attached hydrogens (tertiary/aromatic N) is 2. The van der Waals surface area contributed by atoms with Crippen molar-refractivity contribution < 1.29 is 0 Å². The molecule has 0 amide bonds. The Bertz CT molecular complexity index is 495. The molecule has 0 saturated carbocycles. The van der Waals surface area contributed by atoms with E-state index < -0.39 is 0 Å². The van der Waals surface area contributed by atoms with Crippen molar-refractivity contribution >= 4 is 37.5 Å². The minimum atomic E-state index is 0.524. The van der Waals surface area contributed by atoms with E-state index in [0.29, 0.717) is 4.83 Å². The minimum absolute atomic E-state index is 0.524. The second-order valence-electron chi connectivity index (χ2n) is 4.20. The quantitative estimate of drug-likeness (QED) is 0.767. The summed E-state index contributed by atoms with van der Waals surface area (Å²) >= 11 is 5.51. The molecular formula is C13H17BrN2S. The number of aryl methyl sites for hydroxylation is 1. The Kier molecular flexibility index (Phi) is 4.51. The van der Waals surface area contributed by atoms with Gasteiger partial charge in [-0.2, -0.15) is 0 Å². The lowest BCUT2D eigenvalue weighted by atomic mass is 10.1. The van der Waals surface area contributed by atoms with Crippen LogP contribution in [0, 0.1) is 0 Å². The van der Waals surface area contributed by atoms with Crippen molar-refractivity contribution in [1.29, 1.82) is 0 Å². The first-order valence-corrected chi connectivity index (χ1v) is 7.84. The van der Waals surface area contributed by atoms with Crippen LogP contribution >= 0.6 is 27.3 Å². The fourth-order valence-corrected chi connectivity index (χ4v) is 3.64. The van der Waals surface area contributed by atoms with Crippen LogP contribution in [0.1, 0.15) is 37.3 Å². The predicted octanol–water partition coefficient (Wildman–Crippen LogP) is 4.36. The van der Waals surface area contributed by atoms with E-state index in [0.717, 1.165) is 17.7 Å². The van der Waals surface area contributed by atoms with E-state index in [1.54, 1.807) is 17.7 Å². The van der Waals surface area contributed by atoms with Gasteiger partial charge in [-0.15, -0.1) is 11.3 Å². The molecule has 2 nitrogen and oxygen atoms in total.